The van der Waals surface area contributed by atoms with E-state index in [0.29, 0.717) is 11.5 Å². The van der Waals surface area contributed by atoms with Crippen LogP contribution in [-0.2, 0) is 4.79 Å². The Morgan fingerprint density at radius 1 is 1.40 bits per heavy atom. The van der Waals surface area contributed by atoms with Crippen molar-refractivity contribution in [3.05, 3.63) is 31.0 Å². The van der Waals surface area contributed by atoms with E-state index in [1.165, 1.54) is 11.0 Å². The first kappa shape index (κ1) is 12.7. The standard InChI is InChI=1S/C13H16N6O/c20-13(10-3-6-14-7-4-10)18-11-2-1-5-16-12(11)19-9-15-8-17-19/h1-2,5,8-10,14H,3-4,6-7H2,(H,18,20). The van der Waals surface area contributed by atoms with Crippen LogP contribution >= 0.6 is 0 Å². The van der Waals surface area contributed by atoms with Gasteiger partial charge in [-0.3, -0.25) is 4.79 Å². The number of pyridine rings is 1. The van der Waals surface area contributed by atoms with E-state index < -0.39 is 0 Å². The molecule has 0 unspecified atom stereocenters. The average molecular weight is 272 g/mol. The number of hydrogen-bond donors (Lipinski definition) is 2. The second-order valence-electron chi connectivity index (χ2n) is 4.73. The molecule has 2 aromatic heterocycles. The van der Waals surface area contributed by atoms with Crippen molar-refractivity contribution in [2.75, 3.05) is 18.4 Å². The number of carbonyl (C=O) groups is 1. The number of nitrogens with one attached hydrogen (secondary N) is 2. The van der Waals surface area contributed by atoms with E-state index in [4.69, 9.17) is 0 Å². The summed E-state index contributed by atoms with van der Waals surface area (Å²) in [6, 6.07) is 3.61. The Labute approximate surface area is 116 Å². The maximum absolute atomic E-state index is 12.3. The molecule has 0 bridgehead atoms. The summed E-state index contributed by atoms with van der Waals surface area (Å²) < 4.78 is 1.54. The van der Waals surface area contributed by atoms with E-state index in [1.54, 1.807) is 18.6 Å². The molecule has 20 heavy (non-hydrogen) atoms. The van der Waals surface area contributed by atoms with Crippen LogP contribution in [-0.4, -0.2) is 38.7 Å². The van der Waals surface area contributed by atoms with E-state index in [1.807, 2.05) is 6.07 Å². The molecule has 1 aliphatic rings. The lowest BCUT2D eigenvalue weighted by molar-refractivity contribution is -0.120. The van der Waals surface area contributed by atoms with Gasteiger partial charge in [-0.1, -0.05) is 0 Å². The van der Waals surface area contributed by atoms with Crippen LogP contribution < -0.4 is 10.6 Å². The molecule has 0 saturated carbocycles. The van der Waals surface area contributed by atoms with Gasteiger partial charge in [0.15, 0.2) is 5.82 Å². The summed E-state index contributed by atoms with van der Waals surface area (Å²) in [7, 11) is 0. The monoisotopic (exact) mass is 272 g/mol. The van der Waals surface area contributed by atoms with E-state index >= 15 is 0 Å². The molecular weight excluding hydrogens is 256 g/mol. The van der Waals surface area contributed by atoms with Crippen molar-refractivity contribution >= 4 is 11.6 Å². The number of anilines is 1. The van der Waals surface area contributed by atoms with Crippen molar-refractivity contribution in [3.8, 4) is 5.82 Å². The van der Waals surface area contributed by atoms with Gasteiger partial charge in [-0.25, -0.2) is 14.6 Å². The van der Waals surface area contributed by atoms with Crippen molar-refractivity contribution in [1.29, 1.82) is 0 Å². The maximum atomic E-state index is 12.3. The minimum atomic E-state index is 0.0425. The predicted octanol–water partition coefficient (Wildman–Crippen LogP) is 0.600. The lowest BCUT2D eigenvalue weighted by Gasteiger charge is -2.22. The first-order valence-corrected chi connectivity index (χ1v) is 6.66. The molecule has 1 fully saturated rings. The molecule has 2 aromatic rings. The Morgan fingerprint density at radius 2 is 2.25 bits per heavy atom. The molecule has 1 amide bonds. The minimum Gasteiger partial charge on any atom is -0.323 e. The van der Waals surface area contributed by atoms with E-state index in [9.17, 15) is 4.79 Å². The molecule has 3 heterocycles. The summed E-state index contributed by atoms with van der Waals surface area (Å²) in [6.45, 7) is 1.78. The van der Waals surface area contributed by atoms with Gasteiger partial charge >= 0.3 is 0 Å². The zero-order valence-electron chi connectivity index (χ0n) is 11.0. The molecule has 7 nitrogen and oxygen atoms in total. The van der Waals surface area contributed by atoms with Crippen molar-refractivity contribution in [1.82, 2.24) is 25.1 Å². The molecule has 0 aromatic carbocycles. The lowest BCUT2D eigenvalue weighted by Crippen LogP contribution is -2.34. The topological polar surface area (TPSA) is 84.7 Å². The van der Waals surface area contributed by atoms with Crippen molar-refractivity contribution in [3.63, 3.8) is 0 Å². The predicted molar refractivity (Wildman–Crippen MR) is 73.4 cm³/mol. The smallest absolute Gasteiger partial charge is 0.227 e. The largest absolute Gasteiger partial charge is 0.323 e. The summed E-state index contributed by atoms with van der Waals surface area (Å²) in [6.07, 6.45) is 6.39. The van der Waals surface area contributed by atoms with Crippen molar-refractivity contribution in [2.45, 2.75) is 12.8 Å². The second-order valence-corrected chi connectivity index (χ2v) is 4.73. The number of rotatable bonds is 3. The van der Waals surface area contributed by atoms with Gasteiger partial charge in [0.25, 0.3) is 0 Å². The summed E-state index contributed by atoms with van der Waals surface area (Å²) >= 11 is 0. The zero-order valence-corrected chi connectivity index (χ0v) is 11.0. The van der Waals surface area contributed by atoms with Gasteiger partial charge in [-0.05, 0) is 38.1 Å². The van der Waals surface area contributed by atoms with Gasteiger partial charge in [0, 0.05) is 12.1 Å². The fourth-order valence-electron chi connectivity index (χ4n) is 2.31. The van der Waals surface area contributed by atoms with Crippen LogP contribution in [0.25, 0.3) is 5.82 Å². The molecule has 1 saturated heterocycles. The van der Waals surface area contributed by atoms with E-state index in [-0.39, 0.29) is 11.8 Å². The van der Waals surface area contributed by atoms with E-state index in [2.05, 4.69) is 25.7 Å². The second kappa shape index (κ2) is 5.79. The quantitative estimate of drug-likeness (QED) is 0.854. The summed E-state index contributed by atoms with van der Waals surface area (Å²) in [4.78, 5) is 20.4. The third-order valence-corrected chi connectivity index (χ3v) is 3.39. The number of aromatic nitrogens is 4. The molecular formula is C13H16N6O. The van der Waals surface area contributed by atoms with Gasteiger partial charge in [0.1, 0.15) is 12.7 Å². The average Bonchev–Trinajstić information content (AvgIpc) is 3.03. The van der Waals surface area contributed by atoms with Gasteiger partial charge < -0.3 is 10.6 Å². The molecule has 2 N–H and O–H groups in total. The molecule has 0 spiro atoms. The number of amides is 1. The summed E-state index contributed by atoms with van der Waals surface area (Å²) in [5, 5.41) is 10.3. The highest BCUT2D eigenvalue weighted by Gasteiger charge is 2.22. The van der Waals surface area contributed by atoms with Crippen LogP contribution in [0.1, 0.15) is 12.8 Å². The normalized spacial score (nSPS) is 16.0. The summed E-state index contributed by atoms with van der Waals surface area (Å²) in [5.41, 5.74) is 0.654. The van der Waals surface area contributed by atoms with Gasteiger partial charge in [-0.2, -0.15) is 5.10 Å². The molecule has 104 valence electrons. The minimum absolute atomic E-state index is 0.0425. The third-order valence-electron chi connectivity index (χ3n) is 3.39. The zero-order chi connectivity index (χ0) is 13.8. The van der Waals surface area contributed by atoms with Gasteiger partial charge in [-0.15, -0.1) is 0 Å². The fourth-order valence-corrected chi connectivity index (χ4v) is 2.31. The van der Waals surface area contributed by atoms with Crippen LogP contribution in [0.5, 0.6) is 0 Å². The Hall–Kier alpha value is -2.28. The first-order valence-electron chi connectivity index (χ1n) is 6.66. The fraction of sp³-hybridized carbons (Fsp3) is 0.385. The number of piperidine rings is 1. The molecule has 3 rings (SSSR count). The van der Waals surface area contributed by atoms with Gasteiger partial charge in [0.2, 0.25) is 5.91 Å². The van der Waals surface area contributed by atoms with Crippen LogP contribution in [0, 0.1) is 5.92 Å². The highest BCUT2D eigenvalue weighted by molar-refractivity contribution is 5.94. The molecule has 0 aliphatic carbocycles. The van der Waals surface area contributed by atoms with Crippen LogP contribution in [0.15, 0.2) is 31.0 Å². The first-order chi connectivity index (χ1) is 9.84. The maximum Gasteiger partial charge on any atom is 0.227 e. The van der Waals surface area contributed by atoms with Crippen molar-refractivity contribution in [2.24, 2.45) is 5.92 Å². The highest BCUT2D eigenvalue weighted by atomic mass is 16.1. The van der Waals surface area contributed by atoms with Crippen LogP contribution in [0.3, 0.4) is 0 Å². The Balaban J connectivity index is 1.79. The van der Waals surface area contributed by atoms with E-state index in [0.717, 1.165) is 25.9 Å². The van der Waals surface area contributed by atoms with Crippen LogP contribution in [0.2, 0.25) is 0 Å². The summed E-state index contributed by atoms with van der Waals surface area (Å²) in [5.74, 6) is 0.674. The molecule has 7 heteroatoms. The molecule has 0 atom stereocenters. The van der Waals surface area contributed by atoms with Gasteiger partial charge in [0.05, 0.1) is 5.69 Å². The molecule has 0 radical (unpaired) electrons. The van der Waals surface area contributed by atoms with Crippen LogP contribution in [0.4, 0.5) is 5.69 Å². The number of nitrogens with zero attached hydrogens (tertiary/aromatic N) is 4. The Kier molecular flexibility index (Phi) is 3.69. The highest BCUT2D eigenvalue weighted by Crippen LogP contribution is 2.19. The van der Waals surface area contributed by atoms with Crippen molar-refractivity contribution < 1.29 is 4.79 Å². The Bertz CT molecular complexity index is 576. The number of hydrogen-bond acceptors (Lipinski definition) is 5. The lowest BCUT2D eigenvalue weighted by atomic mass is 9.97. The Morgan fingerprint density at radius 3 is 3.00 bits per heavy atom. The SMILES string of the molecule is O=C(Nc1cccnc1-n1cncn1)C1CCNCC1. The molecule has 1 aliphatic heterocycles. The number of carbonyl (C=O) groups excluding carboxylic acids is 1. The third kappa shape index (κ3) is 2.67.